The van der Waals surface area contributed by atoms with Crippen LogP contribution < -0.4 is 52.6 Å². The van der Waals surface area contributed by atoms with Crippen molar-refractivity contribution >= 4 is 111 Å². The Bertz CT molecular complexity index is 4880. The number of fused-ring (bicyclic) bond motifs is 3. The molecule has 114 heavy (non-hydrogen) atoms. The minimum absolute atomic E-state index is 0.00759. The summed E-state index contributed by atoms with van der Waals surface area (Å²) in [6, 6.07) is 17.0. The molecule has 0 saturated heterocycles. The first kappa shape index (κ1) is 84.7. The van der Waals surface area contributed by atoms with Crippen LogP contribution in [0.3, 0.4) is 0 Å². The Morgan fingerprint density at radius 2 is 0.965 bits per heavy atom. The van der Waals surface area contributed by atoms with Crippen molar-refractivity contribution in [3.8, 4) is 10.8 Å². The van der Waals surface area contributed by atoms with E-state index in [0.29, 0.717) is 113 Å². The number of hydrogen-bond donors (Lipinski definition) is 9. The second-order valence-electron chi connectivity index (χ2n) is 26.0. The summed E-state index contributed by atoms with van der Waals surface area (Å²) in [5, 5.41) is 34.8. The number of halogens is 1. The van der Waals surface area contributed by atoms with Crippen LogP contribution in [0.1, 0.15) is 118 Å². The number of carbonyl (C=O) groups excluding carboxylic acids is 9. The van der Waals surface area contributed by atoms with Gasteiger partial charge in [-0.05, 0) is 74.9 Å². The number of nitrogens with zero attached hydrogens (tertiary/aromatic N) is 12. The van der Waals surface area contributed by atoms with Gasteiger partial charge in [0.15, 0.2) is 23.3 Å². The van der Waals surface area contributed by atoms with Gasteiger partial charge in [-0.3, -0.25) is 52.7 Å². The van der Waals surface area contributed by atoms with Crippen LogP contribution in [-0.4, -0.2) is 223 Å². The lowest BCUT2D eigenvalue weighted by Gasteiger charge is -2.13. The third-order valence-corrected chi connectivity index (χ3v) is 18.9. The third kappa shape index (κ3) is 24.1. The molecule has 37 nitrogen and oxygen atoms in total. The standard InChI is InChI=1S/C75H92ClN21O16S/c1-46-47(2)114-75-64(46)65(49-9-11-50(76)12-10-49)85-55(66-91-90-48(3)97(66)75)41-63(101)82-51-13-15-54(16-14-51)113-38-37-112-36-35-111-34-33-110-32-31-109-30-29-108-28-27-107-26-24-77-60(98)17-20-81-72(104)68-88-58(44-95(68)7)86-61(99)18-21-80-71(103)57-40-53(43-94(57)6)84-74(106)69-89-59(45-96(69)8)87-62(100)19-22-79-70(102)56-39-52(42-93(56)5)83-73(105)67-78-23-25-92(67)4/h9-16,23,25,39-40,42-45,55H,17-22,24,26-38,41H2,1-8H3,(H,77,98)(H,79,102)(H,80,103)(H,81,104)(H,82,101)(H,83,105)(H,84,106)(H,86,99)(H,87,100). The van der Waals surface area contributed by atoms with E-state index in [2.05, 4.69) is 86.8 Å². The molecule has 1 atom stereocenters. The van der Waals surface area contributed by atoms with E-state index in [0.717, 1.165) is 32.3 Å². The van der Waals surface area contributed by atoms with Crippen molar-refractivity contribution in [2.24, 2.45) is 40.2 Å². The maximum absolute atomic E-state index is 13.6. The molecule has 10 rings (SSSR count). The van der Waals surface area contributed by atoms with Crippen molar-refractivity contribution in [1.82, 2.24) is 73.8 Å². The molecule has 9 amide bonds. The predicted octanol–water partition coefficient (Wildman–Crippen LogP) is 5.14. The minimum atomic E-state index is -0.640. The summed E-state index contributed by atoms with van der Waals surface area (Å²) in [6.07, 6.45) is 8.86. The quantitative estimate of drug-likeness (QED) is 0.0223. The van der Waals surface area contributed by atoms with Gasteiger partial charge in [-0.25, -0.2) is 15.0 Å². The Balaban J connectivity index is 0.488. The fourth-order valence-electron chi connectivity index (χ4n) is 11.6. The van der Waals surface area contributed by atoms with Crippen LogP contribution in [-0.2, 0) is 82.8 Å². The summed E-state index contributed by atoms with van der Waals surface area (Å²) >= 11 is 7.91. The Hall–Kier alpha value is -11.8. The van der Waals surface area contributed by atoms with Crippen LogP contribution >= 0.6 is 22.9 Å². The molecule has 1 aliphatic rings. The maximum atomic E-state index is 13.6. The molecule has 0 fully saturated rings. The van der Waals surface area contributed by atoms with Gasteiger partial charge in [0.1, 0.15) is 40.6 Å². The zero-order chi connectivity index (χ0) is 81.2. The fraction of sp³-hybridized carbons (Fsp3) is 0.400. The lowest BCUT2D eigenvalue weighted by Crippen LogP contribution is -2.33. The van der Waals surface area contributed by atoms with Gasteiger partial charge in [-0.2, -0.15) is 0 Å². The molecule has 9 N–H and O–H groups in total. The minimum Gasteiger partial charge on any atom is -0.491 e. The number of anilines is 5. The normalized spacial score (nSPS) is 12.3. The molecule has 0 bridgehead atoms. The number of nitrogens with one attached hydrogen (secondary N) is 9. The molecule has 39 heteroatoms. The average Bonchev–Trinajstić information content (AvgIpc) is 1.59. The van der Waals surface area contributed by atoms with Gasteiger partial charge in [0.25, 0.3) is 29.5 Å². The van der Waals surface area contributed by atoms with Crippen molar-refractivity contribution < 1.29 is 76.3 Å². The second-order valence-corrected chi connectivity index (χ2v) is 27.6. The van der Waals surface area contributed by atoms with Crippen molar-refractivity contribution in [1.29, 1.82) is 0 Å². The number of aliphatic imine (C=N–C) groups is 1. The van der Waals surface area contributed by atoms with E-state index in [9.17, 15) is 43.2 Å². The molecule has 7 aromatic heterocycles. The number of thiophene rings is 1. The van der Waals surface area contributed by atoms with Gasteiger partial charge in [0, 0.05) is 145 Å². The Morgan fingerprint density at radius 1 is 0.474 bits per heavy atom. The molecule has 0 spiro atoms. The molecule has 2 aromatic carbocycles. The third-order valence-electron chi connectivity index (χ3n) is 17.4. The summed E-state index contributed by atoms with van der Waals surface area (Å²) in [5.41, 5.74) is 5.45. The summed E-state index contributed by atoms with van der Waals surface area (Å²) in [5.74, 6) is -1.93. The number of hydrogen-bond acceptors (Lipinski definition) is 23. The van der Waals surface area contributed by atoms with Crippen LogP contribution in [0, 0.1) is 20.8 Å². The molecular weight excluding hydrogens is 1520 g/mol. The van der Waals surface area contributed by atoms with Gasteiger partial charge in [0.2, 0.25) is 35.3 Å². The van der Waals surface area contributed by atoms with E-state index in [4.69, 9.17) is 49.8 Å². The van der Waals surface area contributed by atoms with Crippen LogP contribution in [0.25, 0.3) is 5.00 Å². The van der Waals surface area contributed by atoms with Crippen molar-refractivity contribution in [3.05, 3.63) is 165 Å². The molecule has 9 aromatic rings. The highest BCUT2D eigenvalue weighted by Crippen LogP contribution is 2.40. The monoisotopic (exact) mass is 1610 g/mol. The maximum Gasteiger partial charge on any atom is 0.291 e. The van der Waals surface area contributed by atoms with Crippen LogP contribution in [0.4, 0.5) is 28.7 Å². The zero-order valence-electron chi connectivity index (χ0n) is 64.3. The summed E-state index contributed by atoms with van der Waals surface area (Å²) < 4.78 is 48.7. The SMILES string of the molecule is Cc1sc2c(c1C)C(c1ccc(Cl)cc1)=NC(CC(=O)Nc1ccc(OCCOCCOCCOCCOCCOCCOCCNC(=O)CCNC(=O)c3nc(NC(=O)CCNC(=O)c4cc(NC(=O)c5nc(NC(=O)CCNC(=O)c6cc(NC(=O)c7nccn7C)cn6C)cn5C)cn4C)cn3C)cc1)c1nnc(C)n1-2. The van der Waals surface area contributed by atoms with Crippen LogP contribution in [0.15, 0.2) is 103 Å². The molecule has 606 valence electrons. The Morgan fingerprint density at radius 3 is 1.49 bits per heavy atom. The van der Waals surface area contributed by atoms with Gasteiger partial charge < -0.3 is 104 Å². The lowest BCUT2D eigenvalue weighted by molar-refractivity contribution is -0.121. The zero-order valence-corrected chi connectivity index (χ0v) is 65.9. The summed E-state index contributed by atoms with van der Waals surface area (Å²) in [6.45, 7) is 10.9. The molecule has 0 aliphatic carbocycles. The molecule has 0 saturated carbocycles. The van der Waals surface area contributed by atoms with Gasteiger partial charge in [0.05, 0.1) is 103 Å². The first-order valence-corrected chi connectivity index (χ1v) is 37.7. The topological polar surface area (TPSA) is 433 Å². The Labute approximate surface area is 664 Å². The van der Waals surface area contributed by atoms with Gasteiger partial charge in [-0.15, -0.1) is 21.5 Å². The number of ether oxygens (including phenoxy) is 7. The first-order chi connectivity index (χ1) is 55.0. The van der Waals surface area contributed by atoms with E-state index in [1.807, 2.05) is 35.8 Å². The molecule has 8 heterocycles. The number of imidazole rings is 3. The summed E-state index contributed by atoms with van der Waals surface area (Å²) in [7, 11) is 8.04. The molecule has 0 radical (unpaired) electrons. The number of amides is 9. The molecule has 1 unspecified atom stereocenters. The predicted molar refractivity (Wildman–Crippen MR) is 421 cm³/mol. The number of benzene rings is 2. The number of carbonyl (C=O) groups is 9. The fourth-order valence-corrected chi connectivity index (χ4v) is 13.0. The van der Waals surface area contributed by atoms with Crippen LogP contribution in [0.2, 0.25) is 5.02 Å². The van der Waals surface area contributed by atoms with E-state index in [1.54, 1.807) is 87.8 Å². The number of rotatable bonds is 44. The van der Waals surface area contributed by atoms with E-state index >= 15 is 0 Å². The van der Waals surface area contributed by atoms with Crippen molar-refractivity contribution in [2.45, 2.75) is 52.5 Å². The van der Waals surface area contributed by atoms with E-state index in [-0.39, 0.29) is 116 Å². The lowest BCUT2D eigenvalue weighted by atomic mass is 9.99. The van der Waals surface area contributed by atoms with Gasteiger partial charge in [-0.1, -0.05) is 23.7 Å². The van der Waals surface area contributed by atoms with Crippen molar-refractivity contribution in [3.63, 3.8) is 0 Å². The highest BCUT2D eigenvalue weighted by molar-refractivity contribution is 7.15. The first-order valence-electron chi connectivity index (χ1n) is 36.5. The second kappa shape index (κ2) is 41.7. The molecular formula is C75H92ClN21O16S. The van der Waals surface area contributed by atoms with Gasteiger partial charge >= 0.3 is 0 Å². The average molecular weight is 1610 g/mol. The number of aryl methyl sites for hydroxylation is 7. The smallest absolute Gasteiger partial charge is 0.291 e. The summed E-state index contributed by atoms with van der Waals surface area (Å²) in [4.78, 5) is 135. The largest absolute Gasteiger partial charge is 0.491 e. The van der Waals surface area contributed by atoms with E-state index in [1.165, 1.54) is 55.2 Å². The highest BCUT2D eigenvalue weighted by atomic mass is 35.5. The van der Waals surface area contributed by atoms with E-state index < -0.39 is 47.4 Å². The number of aromatic nitrogens is 11. The van der Waals surface area contributed by atoms with Crippen LogP contribution in [0.5, 0.6) is 5.75 Å². The molecule has 1 aliphatic heterocycles. The Kier molecular flexibility index (Phi) is 30.9. The van der Waals surface area contributed by atoms with Crippen molar-refractivity contribution in [2.75, 3.05) is 139 Å². The highest BCUT2D eigenvalue weighted by Gasteiger charge is 2.33.